The van der Waals surface area contributed by atoms with Gasteiger partial charge in [0.05, 0.1) is 38.3 Å². The molecule has 8 heteroatoms. The van der Waals surface area contributed by atoms with Crippen molar-refractivity contribution in [3.8, 4) is 0 Å². The summed E-state index contributed by atoms with van der Waals surface area (Å²) in [6.45, 7) is 1.43. The van der Waals surface area contributed by atoms with E-state index in [1.165, 1.54) is 0 Å². The summed E-state index contributed by atoms with van der Waals surface area (Å²) < 4.78 is 37.9. The molecule has 0 radical (unpaired) electrons. The van der Waals surface area contributed by atoms with E-state index >= 15 is 0 Å². The van der Waals surface area contributed by atoms with E-state index in [4.69, 9.17) is 28.4 Å². The van der Waals surface area contributed by atoms with Crippen molar-refractivity contribution in [3.05, 3.63) is 24.3 Å². The number of fused-ring (bicyclic) bond motifs is 5. The average molecular weight is 501 g/mol. The number of ether oxygens (including phenoxy) is 6. The van der Waals surface area contributed by atoms with E-state index in [-0.39, 0.29) is 48.8 Å². The van der Waals surface area contributed by atoms with Gasteiger partial charge in [-0.1, -0.05) is 24.3 Å². The lowest BCUT2D eigenvalue weighted by atomic mass is 9.84. The smallest absolute Gasteiger partial charge is 0.310 e. The molecule has 8 nitrogen and oxygen atoms in total. The summed E-state index contributed by atoms with van der Waals surface area (Å²) in [6.07, 6.45) is 13.7. The summed E-state index contributed by atoms with van der Waals surface area (Å²) in [5.41, 5.74) is 0. The number of esters is 2. The van der Waals surface area contributed by atoms with Gasteiger partial charge in [0, 0.05) is 0 Å². The molecule has 0 aromatic heterocycles. The summed E-state index contributed by atoms with van der Waals surface area (Å²) in [6, 6.07) is 0. The molecule has 10 atom stereocenters. The molecule has 0 aromatic rings. The molecule has 0 unspecified atom stereocenters. The molecule has 3 saturated heterocycles. The van der Waals surface area contributed by atoms with Gasteiger partial charge in [0.1, 0.15) is 0 Å². The molecule has 4 aliphatic carbocycles. The van der Waals surface area contributed by atoms with Crippen LogP contribution in [0, 0.1) is 35.5 Å². The topological polar surface area (TPSA) is 89.5 Å². The highest BCUT2D eigenvalue weighted by Gasteiger charge is 2.71. The van der Waals surface area contributed by atoms with Crippen molar-refractivity contribution in [2.24, 2.45) is 35.5 Å². The van der Waals surface area contributed by atoms with Gasteiger partial charge in [0.15, 0.2) is 12.2 Å². The quantitative estimate of drug-likeness (QED) is 0.429. The van der Waals surface area contributed by atoms with Crippen LogP contribution in [-0.2, 0) is 38.0 Å². The zero-order chi connectivity index (χ0) is 24.3. The van der Waals surface area contributed by atoms with E-state index in [2.05, 4.69) is 24.3 Å². The summed E-state index contributed by atoms with van der Waals surface area (Å²) in [5, 5.41) is 0. The Balaban J connectivity index is 1.16. The fourth-order valence-corrected chi connectivity index (χ4v) is 7.89. The third-order valence-electron chi connectivity index (χ3n) is 9.58. The number of carbonyl (C=O) groups is 2. The molecule has 36 heavy (non-hydrogen) atoms. The molecule has 2 spiro atoms. The fourth-order valence-electron chi connectivity index (χ4n) is 7.89. The molecule has 0 amide bonds. The maximum Gasteiger partial charge on any atom is 0.310 e. The zero-order valence-electron chi connectivity index (χ0n) is 20.7. The number of carbonyl (C=O) groups excluding carboxylic acids is 2. The second-order valence-corrected chi connectivity index (χ2v) is 11.6. The largest absolute Gasteiger partial charge is 0.456 e. The third kappa shape index (κ3) is 3.55. The molecule has 196 valence electrons. The predicted molar refractivity (Wildman–Crippen MR) is 125 cm³/mol. The van der Waals surface area contributed by atoms with E-state index in [1.54, 1.807) is 0 Å². The fraction of sp³-hybridized carbons (Fsp3) is 0.786. The minimum absolute atomic E-state index is 0.133. The first-order valence-electron chi connectivity index (χ1n) is 13.9. The van der Waals surface area contributed by atoms with Gasteiger partial charge >= 0.3 is 11.9 Å². The first-order chi connectivity index (χ1) is 17.6. The van der Waals surface area contributed by atoms with E-state index in [1.807, 2.05) is 0 Å². The Bertz CT molecular complexity index is 873. The number of rotatable bonds is 4. The van der Waals surface area contributed by atoms with E-state index in [0.29, 0.717) is 37.9 Å². The van der Waals surface area contributed by atoms with E-state index in [0.717, 1.165) is 38.5 Å². The molecule has 0 aromatic carbocycles. The zero-order valence-corrected chi connectivity index (χ0v) is 20.7. The molecular weight excluding hydrogens is 464 g/mol. The number of hydrogen-bond donors (Lipinski definition) is 0. The summed E-state index contributed by atoms with van der Waals surface area (Å²) in [5.74, 6) is -2.18. The van der Waals surface area contributed by atoms with Crippen LogP contribution in [0.25, 0.3) is 0 Å². The van der Waals surface area contributed by atoms with Crippen molar-refractivity contribution in [2.75, 3.05) is 26.4 Å². The molecule has 5 fully saturated rings. The summed E-state index contributed by atoms with van der Waals surface area (Å²) >= 11 is 0. The van der Waals surface area contributed by atoms with Crippen LogP contribution in [0.2, 0.25) is 0 Å². The second-order valence-electron chi connectivity index (χ2n) is 11.6. The van der Waals surface area contributed by atoms with Crippen molar-refractivity contribution in [3.63, 3.8) is 0 Å². The molecule has 3 aliphatic heterocycles. The monoisotopic (exact) mass is 500 g/mol. The Morgan fingerprint density at radius 1 is 0.611 bits per heavy atom. The highest BCUT2D eigenvalue weighted by molar-refractivity contribution is 5.75. The Morgan fingerprint density at radius 2 is 1.06 bits per heavy atom. The van der Waals surface area contributed by atoms with Crippen molar-refractivity contribution >= 4 is 11.9 Å². The maximum absolute atomic E-state index is 13.4. The second kappa shape index (κ2) is 8.93. The Labute approximate surface area is 211 Å². The van der Waals surface area contributed by atoms with Crippen LogP contribution >= 0.6 is 0 Å². The lowest BCUT2D eigenvalue weighted by Gasteiger charge is -2.58. The predicted octanol–water partition coefficient (Wildman–Crippen LogP) is 3.29. The van der Waals surface area contributed by atoms with Crippen molar-refractivity contribution in [2.45, 2.75) is 75.1 Å². The van der Waals surface area contributed by atoms with Crippen molar-refractivity contribution < 1.29 is 38.0 Å². The van der Waals surface area contributed by atoms with E-state index < -0.39 is 23.8 Å². The lowest BCUT2D eigenvalue weighted by molar-refractivity contribution is -0.487. The molecule has 0 N–H and O–H groups in total. The normalized spacial score (nSPS) is 48.7. The van der Waals surface area contributed by atoms with Crippen LogP contribution in [0.1, 0.15) is 51.4 Å². The van der Waals surface area contributed by atoms with Crippen molar-refractivity contribution in [1.82, 2.24) is 0 Å². The van der Waals surface area contributed by atoms with Crippen LogP contribution < -0.4 is 0 Å². The molecule has 7 rings (SSSR count). The maximum atomic E-state index is 13.4. The minimum Gasteiger partial charge on any atom is -0.456 e. The molecule has 3 heterocycles. The summed E-state index contributed by atoms with van der Waals surface area (Å²) in [4.78, 5) is 26.7. The van der Waals surface area contributed by atoms with Gasteiger partial charge < -0.3 is 28.4 Å². The van der Waals surface area contributed by atoms with Crippen LogP contribution in [-0.4, -0.2) is 62.1 Å². The highest BCUT2D eigenvalue weighted by atomic mass is 16.8. The van der Waals surface area contributed by atoms with Gasteiger partial charge in [0.2, 0.25) is 0 Å². The van der Waals surface area contributed by atoms with Crippen molar-refractivity contribution in [1.29, 1.82) is 0 Å². The van der Waals surface area contributed by atoms with Gasteiger partial charge in [-0.25, -0.2) is 0 Å². The molecule has 2 saturated carbocycles. The van der Waals surface area contributed by atoms with Crippen LogP contribution in [0.15, 0.2) is 24.3 Å². The summed E-state index contributed by atoms with van der Waals surface area (Å²) in [7, 11) is 0. The SMILES string of the molecule is O=C(O[C@H]1CCCO[C@@]12OCCO[C@@]21OCCC[C@@H]1OC(=O)[C@H]1C[C@H]2C=C[C@@H]1C2)[C@H]1C[C@H]2C=C[C@@H]1C2. The van der Waals surface area contributed by atoms with Gasteiger partial charge in [-0.3, -0.25) is 9.59 Å². The van der Waals surface area contributed by atoms with Gasteiger partial charge in [-0.05, 0) is 75.0 Å². The first kappa shape index (κ1) is 23.4. The molecular formula is C28H36O8. The number of allylic oxidation sites excluding steroid dienone is 4. The first-order valence-corrected chi connectivity index (χ1v) is 13.9. The highest BCUT2D eigenvalue weighted by Crippen LogP contribution is 2.51. The minimum atomic E-state index is -1.47. The van der Waals surface area contributed by atoms with E-state index in [9.17, 15) is 9.59 Å². The van der Waals surface area contributed by atoms with Crippen LogP contribution in [0.3, 0.4) is 0 Å². The Hall–Kier alpha value is -1.74. The molecule has 7 aliphatic rings. The third-order valence-corrected chi connectivity index (χ3v) is 9.58. The van der Waals surface area contributed by atoms with Gasteiger partial charge in [-0.15, -0.1) is 0 Å². The Kier molecular flexibility index (Phi) is 5.80. The Morgan fingerprint density at radius 3 is 1.44 bits per heavy atom. The lowest BCUT2D eigenvalue weighted by Crippen LogP contribution is -2.76. The van der Waals surface area contributed by atoms with Crippen LogP contribution in [0.4, 0.5) is 0 Å². The van der Waals surface area contributed by atoms with Crippen LogP contribution in [0.5, 0.6) is 0 Å². The van der Waals surface area contributed by atoms with Gasteiger partial charge in [0.25, 0.3) is 11.6 Å². The molecule has 4 bridgehead atoms. The standard InChI is InChI=1S/C28H36O8/c29-25(21-15-17-5-7-19(21)13-17)35-23-3-1-9-31-27(23)28(34-12-11-33-27)24(4-2-10-32-28)36-26(30)22-16-18-6-8-20(22)14-18/h5-8,17-24H,1-4,9-16H2/t17-,18-,19+,20+,21-,22-,23-,24-,27+,28+/m0/s1. The number of hydrogen-bond acceptors (Lipinski definition) is 8. The van der Waals surface area contributed by atoms with Gasteiger partial charge in [-0.2, -0.15) is 0 Å². The average Bonchev–Trinajstić information content (AvgIpc) is 3.71.